The van der Waals surface area contributed by atoms with Crippen molar-refractivity contribution in [2.24, 2.45) is 5.92 Å². The number of carbonyl (C=O) groups excluding carboxylic acids is 5. The standard InChI is InChI=1S/C26H22N2O7/c1-14(2)22(28-25(32)20-8-5-11-34-20)26(33)35-13-21(29)27-15-9-10-18-19(12-15)24(31)17-7-4-3-6-16(17)23(18)30/h3-12,14,22H,13H2,1-2H3,(H,27,29)(H,28,32)/t22-/m0/s1. The van der Waals surface area contributed by atoms with Crippen LogP contribution in [0.2, 0.25) is 0 Å². The maximum atomic E-state index is 12.8. The van der Waals surface area contributed by atoms with Gasteiger partial charge in [0.1, 0.15) is 6.04 Å². The first kappa shape index (κ1) is 23.6. The second-order valence-electron chi connectivity index (χ2n) is 8.29. The lowest BCUT2D eigenvalue weighted by Crippen LogP contribution is -2.45. The molecule has 0 unspecified atom stereocenters. The van der Waals surface area contributed by atoms with E-state index in [2.05, 4.69) is 10.6 Å². The number of furan rings is 1. The molecule has 3 aromatic rings. The highest BCUT2D eigenvalue weighted by Gasteiger charge is 2.30. The molecule has 0 spiro atoms. The molecule has 1 heterocycles. The van der Waals surface area contributed by atoms with Crippen LogP contribution in [0.5, 0.6) is 0 Å². The molecule has 1 atom stereocenters. The molecule has 9 heteroatoms. The summed E-state index contributed by atoms with van der Waals surface area (Å²) in [7, 11) is 0. The van der Waals surface area contributed by atoms with E-state index in [-0.39, 0.29) is 40.1 Å². The van der Waals surface area contributed by atoms with E-state index in [9.17, 15) is 24.0 Å². The highest BCUT2D eigenvalue weighted by molar-refractivity contribution is 6.28. The second-order valence-corrected chi connectivity index (χ2v) is 8.29. The van der Waals surface area contributed by atoms with Gasteiger partial charge in [0.05, 0.1) is 6.26 Å². The summed E-state index contributed by atoms with van der Waals surface area (Å²) in [6.07, 6.45) is 1.34. The molecule has 0 radical (unpaired) electrons. The van der Waals surface area contributed by atoms with Crippen LogP contribution in [-0.4, -0.2) is 42.0 Å². The third-order valence-electron chi connectivity index (χ3n) is 5.51. The van der Waals surface area contributed by atoms with Gasteiger partial charge in [0.25, 0.3) is 11.8 Å². The summed E-state index contributed by atoms with van der Waals surface area (Å²) in [6.45, 7) is 2.83. The smallest absolute Gasteiger partial charge is 0.329 e. The number of hydrogen-bond acceptors (Lipinski definition) is 7. The van der Waals surface area contributed by atoms with Crippen molar-refractivity contribution in [3.8, 4) is 0 Å². The van der Waals surface area contributed by atoms with Crippen LogP contribution in [0.1, 0.15) is 56.2 Å². The Morgan fingerprint density at radius 3 is 2.17 bits per heavy atom. The van der Waals surface area contributed by atoms with E-state index in [4.69, 9.17) is 9.15 Å². The Labute approximate surface area is 200 Å². The molecule has 1 aliphatic rings. The molecule has 0 bridgehead atoms. The number of benzene rings is 2. The largest absolute Gasteiger partial charge is 0.459 e. The van der Waals surface area contributed by atoms with Gasteiger partial charge in [-0.15, -0.1) is 0 Å². The van der Waals surface area contributed by atoms with E-state index in [1.807, 2.05) is 0 Å². The first-order valence-corrected chi connectivity index (χ1v) is 10.9. The van der Waals surface area contributed by atoms with Gasteiger partial charge in [0.15, 0.2) is 23.9 Å². The van der Waals surface area contributed by atoms with Crippen molar-refractivity contribution in [3.05, 3.63) is 88.9 Å². The maximum Gasteiger partial charge on any atom is 0.329 e. The van der Waals surface area contributed by atoms with E-state index in [1.54, 1.807) is 44.2 Å². The molecule has 0 fully saturated rings. The number of amides is 2. The maximum absolute atomic E-state index is 12.8. The number of esters is 1. The molecule has 2 amide bonds. The van der Waals surface area contributed by atoms with Gasteiger partial charge in [-0.25, -0.2) is 4.79 Å². The average molecular weight is 474 g/mol. The quantitative estimate of drug-likeness (QED) is 0.394. The van der Waals surface area contributed by atoms with Crippen molar-refractivity contribution < 1.29 is 33.1 Å². The molecule has 2 N–H and O–H groups in total. The van der Waals surface area contributed by atoms with Crippen LogP contribution >= 0.6 is 0 Å². The predicted molar refractivity (Wildman–Crippen MR) is 124 cm³/mol. The van der Waals surface area contributed by atoms with Crippen molar-refractivity contribution in [3.63, 3.8) is 0 Å². The van der Waals surface area contributed by atoms with Crippen LogP contribution in [0.25, 0.3) is 0 Å². The van der Waals surface area contributed by atoms with Gasteiger partial charge in [0, 0.05) is 27.9 Å². The molecule has 35 heavy (non-hydrogen) atoms. The zero-order valence-electron chi connectivity index (χ0n) is 19.0. The summed E-state index contributed by atoms with van der Waals surface area (Å²) >= 11 is 0. The number of hydrogen-bond donors (Lipinski definition) is 2. The number of ketones is 2. The van der Waals surface area contributed by atoms with Crippen molar-refractivity contribution in [2.75, 3.05) is 11.9 Å². The number of nitrogens with one attached hydrogen (secondary N) is 2. The molecule has 0 saturated carbocycles. The Morgan fingerprint density at radius 2 is 1.54 bits per heavy atom. The fourth-order valence-electron chi connectivity index (χ4n) is 3.72. The number of rotatable bonds is 7. The van der Waals surface area contributed by atoms with Gasteiger partial charge in [-0.3, -0.25) is 19.2 Å². The lowest BCUT2D eigenvalue weighted by Gasteiger charge is -2.20. The van der Waals surface area contributed by atoms with Gasteiger partial charge in [0.2, 0.25) is 0 Å². The molecule has 0 aliphatic heterocycles. The Balaban J connectivity index is 1.39. The monoisotopic (exact) mass is 474 g/mol. The van der Waals surface area contributed by atoms with E-state index in [0.29, 0.717) is 11.1 Å². The van der Waals surface area contributed by atoms with Crippen LogP contribution in [0.4, 0.5) is 5.69 Å². The minimum atomic E-state index is -0.993. The average Bonchev–Trinajstić information content (AvgIpc) is 3.39. The zero-order valence-corrected chi connectivity index (χ0v) is 19.0. The Kier molecular flexibility index (Phi) is 6.59. The Morgan fingerprint density at radius 1 is 0.886 bits per heavy atom. The van der Waals surface area contributed by atoms with Crippen LogP contribution in [0.15, 0.2) is 65.3 Å². The normalized spacial score (nSPS) is 13.0. The van der Waals surface area contributed by atoms with Gasteiger partial charge in [-0.2, -0.15) is 0 Å². The third kappa shape index (κ3) is 4.89. The summed E-state index contributed by atoms with van der Waals surface area (Å²) in [5.74, 6) is -2.85. The van der Waals surface area contributed by atoms with Gasteiger partial charge >= 0.3 is 5.97 Å². The summed E-state index contributed by atoms with van der Waals surface area (Å²) in [5.41, 5.74) is 1.36. The first-order valence-electron chi connectivity index (χ1n) is 10.9. The molecule has 0 saturated heterocycles. The molecular weight excluding hydrogens is 452 g/mol. The number of anilines is 1. The minimum absolute atomic E-state index is 0.0456. The summed E-state index contributed by atoms with van der Waals surface area (Å²) in [4.78, 5) is 62.6. The molecular formula is C26H22N2O7. The highest BCUT2D eigenvalue weighted by atomic mass is 16.5. The molecule has 1 aromatic heterocycles. The Bertz CT molecular complexity index is 1330. The number of carbonyl (C=O) groups is 5. The molecule has 4 rings (SSSR count). The van der Waals surface area contributed by atoms with Crippen molar-refractivity contribution in [1.82, 2.24) is 5.32 Å². The molecule has 178 valence electrons. The lowest BCUT2D eigenvalue weighted by molar-refractivity contribution is -0.150. The minimum Gasteiger partial charge on any atom is -0.459 e. The molecule has 1 aliphatic carbocycles. The zero-order chi connectivity index (χ0) is 25.1. The van der Waals surface area contributed by atoms with E-state index >= 15 is 0 Å². The molecule has 2 aromatic carbocycles. The molecule has 9 nitrogen and oxygen atoms in total. The summed E-state index contributed by atoms with van der Waals surface area (Å²) < 4.78 is 10.1. The van der Waals surface area contributed by atoms with E-state index < -0.39 is 30.4 Å². The highest BCUT2D eigenvalue weighted by Crippen LogP contribution is 2.29. The van der Waals surface area contributed by atoms with Crippen LogP contribution in [0, 0.1) is 5.92 Å². The van der Waals surface area contributed by atoms with Crippen molar-refractivity contribution in [2.45, 2.75) is 19.9 Å². The van der Waals surface area contributed by atoms with E-state index in [1.165, 1.54) is 30.5 Å². The topological polar surface area (TPSA) is 132 Å². The van der Waals surface area contributed by atoms with Gasteiger partial charge in [-0.05, 0) is 36.2 Å². The van der Waals surface area contributed by atoms with Crippen LogP contribution in [-0.2, 0) is 14.3 Å². The number of ether oxygens (including phenoxy) is 1. The van der Waals surface area contributed by atoms with Crippen LogP contribution in [0.3, 0.4) is 0 Å². The third-order valence-corrected chi connectivity index (χ3v) is 5.51. The van der Waals surface area contributed by atoms with Crippen LogP contribution < -0.4 is 10.6 Å². The van der Waals surface area contributed by atoms with Crippen molar-refractivity contribution >= 4 is 35.0 Å². The van der Waals surface area contributed by atoms with Gasteiger partial charge in [-0.1, -0.05) is 38.1 Å². The number of fused-ring (bicyclic) bond motifs is 2. The SMILES string of the molecule is CC(C)[C@H](NC(=O)c1ccco1)C(=O)OCC(=O)Nc1ccc2c(c1)C(=O)c1ccccc1C2=O. The first-order chi connectivity index (χ1) is 16.8. The lowest BCUT2D eigenvalue weighted by atomic mass is 9.84. The Hall–Kier alpha value is -4.53. The van der Waals surface area contributed by atoms with E-state index in [0.717, 1.165) is 0 Å². The van der Waals surface area contributed by atoms with Gasteiger partial charge < -0.3 is 19.8 Å². The summed E-state index contributed by atoms with van der Waals surface area (Å²) in [5, 5.41) is 5.09. The second kappa shape index (κ2) is 9.76. The fourth-order valence-corrected chi connectivity index (χ4v) is 3.72. The predicted octanol–water partition coefficient (Wildman–Crippen LogP) is 2.99. The summed E-state index contributed by atoms with van der Waals surface area (Å²) in [6, 6.07) is 13.0. The fraction of sp³-hybridized carbons (Fsp3) is 0.192. The van der Waals surface area contributed by atoms with Crippen molar-refractivity contribution in [1.29, 1.82) is 0 Å².